The smallest absolute Gasteiger partial charge is 0.0355 e. The van der Waals surface area contributed by atoms with Crippen LogP contribution in [0.2, 0.25) is 0 Å². The first-order valence-corrected chi connectivity index (χ1v) is 5.75. The Balaban J connectivity index is 2.31. The Morgan fingerprint density at radius 1 is 0.933 bits per heavy atom. The highest BCUT2D eigenvalue weighted by Gasteiger charge is 2.03. The number of hydrogen-bond donors (Lipinski definition) is 0. The molecule has 72 valence electrons. The molecule has 0 saturated heterocycles. The molecule has 0 aliphatic carbocycles. The van der Waals surface area contributed by atoms with Crippen LogP contribution in [-0.4, -0.2) is 4.98 Å². The van der Waals surface area contributed by atoms with Crippen LogP contribution < -0.4 is 0 Å². The summed E-state index contributed by atoms with van der Waals surface area (Å²) in [5.74, 6) is 0. The van der Waals surface area contributed by atoms with E-state index in [0.29, 0.717) is 0 Å². The van der Waals surface area contributed by atoms with Crippen LogP contribution >= 0.6 is 11.3 Å². The summed E-state index contributed by atoms with van der Waals surface area (Å²) in [5.41, 5.74) is 2.45. The molecular weight excluding hydrogens is 202 g/mol. The Kier molecular flexibility index (Phi) is 2.00. The summed E-state index contributed by atoms with van der Waals surface area (Å²) in [7, 11) is 0. The van der Waals surface area contributed by atoms with Crippen LogP contribution in [0.25, 0.3) is 21.9 Å². The molecule has 0 spiro atoms. The van der Waals surface area contributed by atoms with Crippen molar-refractivity contribution in [2.75, 3.05) is 0 Å². The monoisotopic (exact) mass is 211 g/mol. The van der Waals surface area contributed by atoms with Crippen molar-refractivity contribution in [1.29, 1.82) is 0 Å². The van der Waals surface area contributed by atoms with Gasteiger partial charge in [0.05, 0.1) is 0 Å². The topological polar surface area (TPSA) is 12.9 Å². The average molecular weight is 211 g/mol. The lowest BCUT2D eigenvalue weighted by Gasteiger charge is -2.01. The highest BCUT2D eigenvalue weighted by molar-refractivity contribution is 7.09. The fourth-order valence-electron chi connectivity index (χ4n) is 1.74. The zero-order valence-electron chi connectivity index (χ0n) is 8.05. The summed E-state index contributed by atoms with van der Waals surface area (Å²) >= 11 is 1.72. The van der Waals surface area contributed by atoms with E-state index in [2.05, 4.69) is 40.0 Å². The molecule has 0 atom stereocenters. The molecule has 2 heterocycles. The minimum Gasteiger partial charge on any atom is -0.263 e. The van der Waals surface area contributed by atoms with Crippen LogP contribution in [0.15, 0.2) is 53.5 Å². The summed E-state index contributed by atoms with van der Waals surface area (Å²) in [6.45, 7) is 0. The predicted octanol–water partition coefficient (Wildman–Crippen LogP) is 3.96. The largest absolute Gasteiger partial charge is 0.263 e. The summed E-state index contributed by atoms with van der Waals surface area (Å²) in [6.07, 6.45) is 3.85. The van der Waals surface area contributed by atoms with Crippen LogP contribution in [-0.2, 0) is 0 Å². The van der Waals surface area contributed by atoms with E-state index in [-0.39, 0.29) is 0 Å². The second-order valence-corrected chi connectivity index (χ2v) is 4.17. The van der Waals surface area contributed by atoms with E-state index in [4.69, 9.17) is 0 Å². The third kappa shape index (κ3) is 1.43. The van der Waals surface area contributed by atoms with Crippen LogP contribution in [0.4, 0.5) is 0 Å². The SMILES string of the molecule is c1ccc(-c2cncc3cscc23)cc1. The van der Waals surface area contributed by atoms with Crippen LogP contribution in [0.1, 0.15) is 0 Å². The van der Waals surface area contributed by atoms with Crippen molar-refractivity contribution in [3.63, 3.8) is 0 Å². The van der Waals surface area contributed by atoms with Crippen molar-refractivity contribution in [2.45, 2.75) is 0 Å². The van der Waals surface area contributed by atoms with E-state index in [0.717, 1.165) is 0 Å². The summed E-state index contributed by atoms with van der Waals surface area (Å²) in [5, 5.41) is 6.83. The molecule has 0 unspecified atom stereocenters. The zero-order chi connectivity index (χ0) is 10.1. The molecule has 15 heavy (non-hydrogen) atoms. The third-order valence-corrected chi connectivity index (χ3v) is 3.25. The Morgan fingerprint density at radius 3 is 2.67 bits per heavy atom. The van der Waals surface area contributed by atoms with Gasteiger partial charge in [-0.1, -0.05) is 30.3 Å². The highest BCUT2D eigenvalue weighted by atomic mass is 32.1. The highest BCUT2D eigenvalue weighted by Crippen LogP contribution is 2.29. The summed E-state index contributed by atoms with van der Waals surface area (Å²) in [4.78, 5) is 4.27. The number of fused-ring (bicyclic) bond motifs is 1. The van der Waals surface area contributed by atoms with Gasteiger partial charge in [-0.3, -0.25) is 4.98 Å². The number of pyridine rings is 1. The fraction of sp³-hybridized carbons (Fsp3) is 0. The molecular formula is C13H9NS. The minimum absolute atomic E-state index is 1.22. The molecule has 0 amide bonds. The predicted molar refractivity (Wildman–Crippen MR) is 65.1 cm³/mol. The molecule has 0 N–H and O–H groups in total. The van der Waals surface area contributed by atoms with Crippen LogP contribution in [0.5, 0.6) is 0 Å². The first kappa shape index (κ1) is 8.62. The molecule has 0 bridgehead atoms. The first-order chi connectivity index (χ1) is 7.45. The molecule has 0 radical (unpaired) electrons. The van der Waals surface area contributed by atoms with E-state index in [1.165, 1.54) is 21.9 Å². The Bertz CT molecular complexity index is 584. The second kappa shape index (κ2) is 3.48. The van der Waals surface area contributed by atoms with Gasteiger partial charge in [0.25, 0.3) is 0 Å². The van der Waals surface area contributed by atoms with Gasteiger partial charge in [0.15, 0.2) is 0 Å². The minimum atomic E-state index is 1.22. The maximum absolute atomic E-state index is 4.27. The number of benzene rings is 1. The number of hydrogen-bond acceptors (Lipinski definition) is 2. The summed E-state index contributed by atoms with van der Waals surface area (Å²) < 4.78 is 0. The first-order valence-electron chi connectivity index (χ1n) is 4.80. The standard InChI is InChI=1S/C13H9NS/c1-2-4-10(5-3-1)12-7-14-6-11-8-15-9-13(11)12/h1-9H. The lowest BCUT2D eigenvalue weighted by Crippen LogP contribution is -1.79. The van der Waals surface area contributed by atoms with Crippen molar-refractivity contribution >= 4 is 22.1 Å². The number of aromatic nitrogens is 1. The van der Waals surface area contributed by atoms with Crippen molar-refractivity contribution < 1.29 is 0 Å². The maximum Gasteiger partial charge on any atom is 0.0355 e. The molecule has 2 heteroatoms. The number of nitrogens with zero attached hydrogens (tertiary/aromatic N) is 1. The van der Waals surface area contributed by atoms with Gasteiger partial charge in [-0.25, -0.2) is 0 Å². The van der Waals surface area contributed by atoms with Crippen molar-refractivity contribution in [3.05, 3.63) is 53.5 Å². The molecule has 2 aromatic heterocycles. The molecule has 3 rings (SSSR count). The van der Waals surface area contributed by atoms with E-state index in [9.17, 15) is 0 Å². The molecule has 1 aromatic carbocycles. The van der Waals surface area contributed by atoms with Gasteiger partial charge in [0, 0.05) is 34.1 Å². The molecule has 0 aliphatic rings. The van der Waals surface area contributed by atoms with Crippen molar-refractivity contribution in [2.24, 2.45) is 0 Å². The normalized spacial score (nSPS) is 10.7. The van der Waals surface area contributed by atoms with Crippen LogP contribution in [0, 0.1) is 0 Å². The van der Waals surface area contributed by atoms with Gasteiger partial charge in [0.2, 0.25) is 0 Å². The van der Waals surface area contributed by atoms with E-state index < -0.39 is 0 Å². The van der Waals surface area contributed by atoms with Crippen molar-refractivity contribution in [3.8, 4) is 11.1 Å². The van der Waals surface area contributed by atoms with Gasteiger partial charge < -0.3 is 0 Å². The lowest BCUT2D eigenvalue weighted by atomic mass is 10.0. The van der Waals surface area contributed by atoms with Crippen LogP contribution in [0.3, 0.4) is 0 Å². The Labute approximate surface area is 92.0 Å². The quantitative estimate of drug-likeness (QED) is 0.593. The molecule has 0 aliphatic heterocycles. The zero-order valence-corrected chi connectivity index (χ0v) is 8.87. The van der Waals surface area contributed by atoms with E-state index in [1.807, 2.05) is 18.5 Å². The number of rotatable bonds is 1. The molecule has 0 fully saturated rings. The van der Waals surface area contributed by atoms with Gasteiger partial charge in [0.1, 0.15) is 0 Å². The van der Waals surface area contributed by atoms with E-state index in [1.54, 1.807) is 11.3 Å². The summed E-state index contributed by atoms with van der Waals surface area (Å²) in [6, 6.07) is 10.4. The fourth-order valence-corrected chi connectivity index (χ4v) is 2.54. The third-order valence-electron chi connectivity index (χ3n) is 2.48. The lowest BCUT2D eigenvalue weighted by molar-refractivity contribution is 1.37. The average Bonchev–Trinajstić information content (AvgIpc) is 2.78. The molecule has 3 aromatic rings. The van der Waals surface area contributed by atoms with Gasteiger partial charge >= 0.3 is 0 Å². The Morgan fingerprint density at radius 2 is 1.80 bits per heavy atom. The Hall–Kier alpha value is -1.67. The second-order valence-electron chi connectivity index (χ2n) is 3.43. The van der Waals surface area contributed by atoms with Gasteiger partial charge in [-0.05, 0) is 10.9 Å². The number of thiophene rings is 1. The van der Waals surface area contributed by atoms with Gasteiger partial charge in [-0.15, -0.1) is 0 Å². The molecule has 1 nitrogen and oxygen atoms in total. The van der Waals surface area contributed by atoms with Crippen molar-refractivity contribution in [1.82, 2.24) is 4.98 Å². The maximum atomic E-state index is 4.27. The van der Waals surface area contributed by atoms with Gasteiger partial charge in [-0.2, -0.15) is 11.3 Å². The van der Waals surface area contributed by atoms with E-state index >= 15 is 0 Å². The molecule has 0 saturated carbocycles.